The number of nitrogens with one attached hydrogen (secondary N) is 2. The number of nitrogens with zero attached hydrogens (tertiary/aromatic N) is 1. The lowest BCUT2D eigenvalue weighted by Crippen LogP contribution is -2.42. The van der Waals surface area contributed by atoms with Crippen molar-refractivity contribution in [3.63, 3.8) is 0 Å². The maximum Gasteiger partial charge on any atom is 0.262 e. The van der Waals surface area contributed by atoms with E-state index >= 15 is 0 Å². The lowest BCUT2D eigenvalue weighted by molar-refractivity contribution is 0.0939. The second-order valence-corrected chi connectivity index (χ2v) is 9.20. The molecule has 30 heavy (non-hydrogen) atoms. The van der Waals surface area contributed by atoms with Gasteiger partial charge in [0.1, 0.15) is 5.75 Å². The van der Waals surface area contributed by atoms with Crippen LogP contribution in [0.3, 0.4) is 0 Å². The zero-order valence-electron chi connectivity index (χ0n) is 18.2. The lowest BCUT2D eigenvalue weighted by Gasteiger charge is -2.30. The molecule has 2 aromatic carbocycles. The SMILES string of the molecule is COc1ccccc1NS(=O)(=O)c1cccc(C(=O)NCCN(C(C)C)C(C)C)c1. The largest absolute Gasteiger partial charge is 0.495 e. The third-order valence-electron chi connectivity index (χ3n) is 4.74. The molecule has 7 nitrogen and oxygen atoms in total. The number of ether oxygens (including phenoxy) is 1. The first-order valence-electron chi connectivity index (χ1n) is 9.95. The third-order valence-corrected chi connectivity index (χ3v) is 6.10. The van der Waals surface area contributed by atoms with Crippen LogP contribution in [0.4, 0.5) is 5.69 Å². The van der Waals surface area contributed by atoms with Crippen molar-refractivity contribution in [3.05, 3.63) is 54.1 Å². The van der Waals surface area contributed by atoms with E-state index < -0.39 is 10.0 Å². The topological polar surface area (TPSA) is 87.7 Å². The van der Waals surface area contributed by atoms with Crippen molar-refractivity contribution in [2.24, 2.45) is 0 Å². The van der Waals surface area contributed by atoms with Crippen LogP contribution in [-0.2, 0) is 10.0 Å². The Kier molecular flexibility index (Phi) is 8.25. The van der Waals surface area contributed by atoms with Crippen LogP contribution >= 0.6 is 0 Å². The fourth-order valence-corrected chi connectivity index (χ4v) is 4.37. The number of anilines is 1. The van der Waals surface area contributed by atoms with Gasteiger partial charge in [-0.1, -0.05) is 18.2 Å². The second-order valence-electron chi connectivity index (χ2n) is 7.51. The van der Waals surface area contributed by atoms with Crippen molar-refractivity contribution in [3.8, 4) is 5.75 Å². The number of hydrogen-bond donors (Lipinski definition) is 2. The molecule has 0 aliphatic carbocycles. The zero-order chi connectivity index (χ0) is 22.3. The van der Waals surface area contributed by atoms with Crippen LogP contribution in [0.2, 0.25) is 0 Å². The highest BCUT2D eigenvalue weighted by Crippen LogP contribution is 2.26. The highest BCUT2D eigenvalue weighted by molar-refractivity contribution is 7.92. The van der Waals surface area contributed by atoms with Crippen molar-refractivity contribution in [2.45, 2.75) is 44.7 Å². The van der Waals surface area contributed by atoms with Gasteiger partial charge in [0, 0.05) is 30.7 Å². The Labute approximate surface area is 179 Å². The van der Waals surface area contributed by atoms with Gasteiger partial charge in [0.2, 0.25) is 0 Å². The van der Waals surface area contributed by atoms with Crippen LogP contribution in [0.1, 0.15) is 38.1 Å². The van der Waals surface area contributed by atoms with E-state index in [1.807, 2.05) is 0 Å². The molecule has 0 saturated carbocycles. The highest BCUT2D eigenvalue weighted by atomic mass is 32.2. The Morgan fingerprint density at radius 2 is 1.70 bits per heavy atom. The summed E-state index contributed by atoms with van der Waals surface area (Å²) in [6, 6.07) is 13.5. The first-order valence-corrected chi connectivity index (χ1v) is 11.4. The molecular weight excluding hydrogens is 402 g/mol. The summed E-state index contributed by atoms with van der Waals surface area (Å²) < 4.78 is 33.3. The highest BCUT2D eigenvalue weighted by Gasteiger charge is 2.19. The maximum absolute atomic E-state index is 12.8. The Morgan fingerprint density at radius 1 is 1.03 bits per heavy atom. The molecule has 0 radical (unpaired) electrons. The number of para-hydroxylation sites is 2. The van der Waals surface area contributed by atoms with Gasteiger partial charge >= 0.3 is 0 Å². The molecule has 0 bridgehead atoms. The van der Waals surface area contributed by atoms with Gasteiger partial charge < -0.3 is 10.1 Å². The van der Waals surface area contributed by atoms with E-state index in [0.717, 1.165) is 0 Å². The average molecular weight is 434 g/mol. The van der Waals surface area contributed by atoms with Gasteiger partial charge in [0.15, 0.2) is 0 Å². The number of methoxy groups -OCH3 is 1. The van der Waals surface area contributed by atoms with Gasteiger partial charge in [-0.05, 0) is 58.0 Å². The minimum Gasteiger partial charge on any atom is -0.495 e. The smallest absolute Gasteiger partial charge is 0.262 e. The molecule has 2 N–H and O–H groups in total. The van der Waals surface area contributed by atoms with Crippen LogP contribution in [-0.4, -0.2) is 51.5 Å². The molecule has 0 heterocycles. The standard InChI is InChI=1S/C22H31N3O4S/c1-16(2)25(17(3)4)14-13-23-22(26)18-9-8-10-19(15-18)30(27,28)24-20-11-6-7-12-21(20)29-5/h6-12,15-17,24H,13-14H2,1-5H3,(H,23,26). The molecule has 164 valence electrons. The van der Waals surface area contributed by atoms with Crippen molar-refractivity contribution in [1.82, 2.24) is 10.2 Å². The number of hydrogen-bond acceptors (Lipinski definition) is 5. The van der Waals surface area contributed by atoms with Gasteiger partial charge in [-0.2, -0.15) is 0 Å². The first-order chi connectivity index (χ1) is 14.2. The predicted molar refractivity (Wildman–Crippen MR) is 120 cm³/mol. The van der Waals surface area contributed by atoms with Gasteiger partial charge in [0.25, 0.3) is 15.9 Å². The normalized spacial score (nSPS) is 11.7. The maximum atomic E-state index is 12.8. The number of sulfonamides is 1. The summed E-state index contributed by atoms with van der Waals surface area (Å²) in [5.41, 5.74) is 0.621. The van der Waals surface area contributed by atoms with Gasteiger partial charge in [0.05, 0.1) is 17.7 Å². The summed E-state index contributed by atoms with van der Waals surface area (Å²) in [6.45, 7) is 9.66. The molecule has 0 saturated heterocycles. The van der Waals surface area contributed by atoms with E-state index in [0.29, 0.717) is 42.2 Å². The second kappa shape index (κ2) is 10.4. The van der Waals surface area contributed by atoms with E-state index in [2.05, 4.69) is 42.6 Å². The Hall–Kier alpha value is -2.58. The van der Waals surface area contributed by atoms with Crippen molar-refractivity contribution < 1.29 is 17.9 Å². The number of rotatable bonds is 10. The zero-order valence-corrected chi connectivity index (χ0v) is 19.0. The third kappa shape index (κ3) is 6.21. The van der Waals surface area contributed by atoms with Crippen LogP contribution in [0.15, 0.2) is 53.4 Å². The minimum absolute atomic E-state index is 0.00652. The molecule has 0 unspecified atom stereocenters. The number of carbonyl (C=O) groups excluding carboxylic acids is 1. The number of amides is 1. The molecule has 0 aromatic heterocycles. The summed E-state index contributed by atoms with van der Waals surface area (Å²) in [5, 5.41) is 2.87. The van der Waals surface area contributed by atoms with Crippen LogP contribution in [0, 0.1) is 0 Å². The molecular formula is C22H31N3O4S. The van der Waals surface area contributed by atoms with Gasteiger partial charge in [-0.15, -0.1) is 0 Å². The summed E-state index contributed by atoms with van der Waals surface area (Å²) in [7, 11) is -2.41. The molecule has 0 aliphatic heterocycles. The Balaban J connectivity index is 2.10. The van der Waals surface area contributed by atoms with E-state index in [1.165, 1.54) is 19.2 Å². The molecule has 0 aliphatic rings. The minimum atomic E-state index is -3.88. The number of carbonyl (C=O) groups is 1. The fourth-order valence-electron chi connectivity index (χ4n) is 3.25. The van der Waals surface area contributed by atoms with Gasteiger partial charge in [-0.3, -0.25) is 14.4 Å². The molecule has 0 spiro atoms. The molecule has 2 rings (SSSR count). The van der Waals surface area contributed by atoms with E-state index in [-0.39, 0.29) is 10.8 Å². The lowest BCUT2D eigenvalue weighted by atomic mass is 10.2. The average Bonchev–Trinajstić information content (AvgIpc) is 2.70. The van der Waals surface area contributed by atoms with Crippen LogP contribution < -0.4 is 14.8 Å². The van der Waals surface area contributed by atoms with Gasteiger partial charge in [-0.25, -0.2) is 8.42 Å². The van der Waals surface area contributed by atoms with E-state index in [9.17, 15) is 13.2 Å². The fraction of sp³-hybridized carbons (Fsp3) is 0.409. The number of benzene rings is 2. The molecule has 0 fully saturated rings. The van der Waals surface area contributed by atoms with Crippen molar-refractivity contribution in [2.75, 3.05) is 24.9 Å². The molecule has 2 aromatic rings. The van der Waals surface area contributed by atoms with E-state index in [4.69, 9.17) is 4.74 Å². The molecule has 1 amide bonds. The Morgan fingerprint density at radius 3 is 2.33 bits per heavy atom. The quantitative estimate of drug-likeness (QED) is 0.600. The molecule has 0 atom stereocenters. The first kappa shape index (κ1) is 23.7. The van der Waals surface area contributed by atoms with Crippen LogP contribution in [0.5, 0.6) is 5.75 Å². The molecule has 8 heteroatoms. The summed E-state index contributed by atoms with van der Waals surface area (Å²) in [4.78, 5) is 14.8. The Bertz CT molecular complexity index is 950. The predicted octanol–water partition coefficient (Wildman–Crippen LogP) is 3.34. The summed E-state index contributed by atoms with van der Waals surface area (Å²) in [5.74, 6) is 0.103. The van der Waals surface area contributed by atoms with E-state index in [1.54, 1.807) is 36.4 Å². The van der Waals surface area contributed by atoms with Crippen molar-refractivity contribution in [1.29, 1.82) is 0 Å². The van der Waals surface area contributed by atoms with Crippen LogP contribution in [0.25, 0.3) is 0 Å². The summed E-state index contributed by atoms with van der Waals surface area (Å²) >= 11 is 0. The van der Waals surface area contributed by atoms with Crippen molar-refractivity contribution >= 4 is 21.6 Å². The summed E-state index contributed by atoms with van der Waals surface area (Å²) in [6.07, 6.45) is 0. The monoisotopic (exact) mass is 433 g/mol.